The van der Waals surface area contributed by atoms with E-state index in [2.05, 4.69) is 14.9 Å². The Morgan fingerprint density at radius 2 is 2.17 bits per heavy atom. The van der Waals surface area contributed by atoms with E-state index in [0.717, 1.165) is 0 Å². The highest BCUT2D eigenvalue weighted by molar-refractivity contribution is 5.95. The lowest BCUT2D eigenvalue weighted by Crippen LogP contribution is -2.34. The van der Waals surface area contributed by atoms with E-state index < -0.39 is 19.0 Å². The van der Waals surface area contributed by atoms with Gasteiger partial charge in [-0.25, -0.2) is 13.8 Å². The van der Waals surface area contributed by atoms with Gasteiger partial charge in [-0.3, -0.25) is 0 Å². The van der Waals surface area contributed by atoms with Gasteiger partial charge in [0.1, 0.15) is 5.69 Å². The molecule has 0 radical (unpaired) electrons. The number of amidine groups is 1. The maximum absolute atomic E-state index is 12.6. The summed E-state index contributed by atoms with van der Waals surface area (Å²) >= 11 is 0. The van der Waals surface area contributed by atoms with Crippen LogP contribution in [0.4, 0.5) is 17.6 Å². The van der Waals surface area contributed by atoms with Crippen LogP contribution in [0.25, 0.3) is 0 Å². The van der Waals surface area contributed by atoms with Crippen LogP contribution in [0.2, 0.25) is 0 Å². The van der Waals surface area contributed by atoms with Crippen LogP contribution >= 0.6 is 0 Å². The van der Waals surface area contributed by atoms with Gasteiger partial charge < -0.3 is 15.7 Å². The van der Waals surface area contributed by atoms with Crippen LogP contribution < -0.4 is 10.5 Å². The van der Waals surface area contributed by atoms with E-state index in [1.807, 2.05) is 0 Å². The van der Waals surface area contributed by atoms with Crippen molar-refractivity contribution < 1.29 is 27.5 Å². The molecule has 1 aromatic rings. The number of nitrogens with zero attached hydrogens (tertiary/aromatic N) is 2. The molecule has 0 saturated carbocycles. The number of alkyl halides is 4. The topological polar surface area (TPSA) is 80.7 Å². The fourth-order valence-corrected chi connectivity index (χ4v) is 0.922. The number of hydrogen-bond acceptors (Lipinski definition) is 4. The third-order valence-electron chi connectivity index (χ3n) is 1.83. The van der Waals surface area contributed by atoms with Gasteiger partial charge in [0.2, 0.25) is 5.88 Å². The molecular weight excluding hydrogens is 258 g/mol. The summed E-state index contributed by atoms with van der Waals surface area (Å²) in [5.41, 5.74) is 5.18. The Bertz CT molecular complexity index is 440. The lowest BCUT2D eigenvalue weighted by molar-refractivity contribution is -0.148. The van der Waals surface area contributed by atoms with Crippen LogP contribution in [-0.4, -0.2) is 35.0 Å². The number of hydrogen-bond donors (Lipinski definition) is 2. The standard InChI is InChI=1S/C9H9F4N3O2/c10-8(11)9(12,13)4-18-6-3-1-2-5(15-6)7(14)16-17/h1-3,8,17H,4H2,(H2,14,16). The second-order valence-corrected chi connectivity index (χ2v) is 3.20. The van der Waals surface area contributed by atoms with Gasteiger partial charge in [-0.1, -0.05) is 11.2 Å². The van der Waals surface area contributed by atoms with Crippen molar-refractivity contribution in [1.82, 2.24) is 4.98 Å². The van der Waals surface area contributed by atoms with E-state index in [4.69, 9.17) is 10.9 Å². The molecule has 0 aliphatic heterocycles. The maximum atomic E-state index is 12.6. The summed E-state index contributed by atoms with van der Waals surface area (Å²) in [4.78, 5) is 3.59. The van der Waals surface area contributed by atoms with Gasteiger partial charge in [0.05, 0.1) is 0 Å². The fraction of sp³-hybridized carbons (Fsp3) is 0.333. The maximum Gasteiger partial charge on any atom is 0.340 e. The van der Waals surface area contributed by atoms with Crippen molar-refractivity contribution in [1.29, 1.82) is 0 Å². The zero-order valence-electron chi connectivity index (χ0n) is 8.86. The average Bonchev–Trinajstić information content (AvgIpc) is 2.35. The third kappa shape index (κ3) is 3.47. The van der Waals surface area contributed by atoms with E-state index in [1.165, 1.54) is 18.2 Å². The number of nitrogens with two attached hydrogens (primary N) is 1. The van der Waals surface area contributed by atoms with Crippen LogP contribution in [0.15, 0.2) is 23.4 Å². The number of halogens is 4. The molecule has 0 saturated heterocycles. The molecule has 18 heavy (non-hydrogen) atoms. The highest BCUT2D eigenvalue weighted by Gasteiger charge is 2.41. The molecule has 0 bridgehead atoms. The summed E-state index contributed by atoms with van der Waals surface area (Å²) in [6, 6.07) is 3.83. The number of oxime groups is 1. The SMILES string of the molecule is N/C(=N/O)c1cccc(OCC(F)(F)C(F)F)n1. The molecule has 0 amide bonds. The van der Waals surface area contributed by atoms with E-state index in [9.17, 15) is 17.6 Å². The Morgan fingerprint density at radius 1 is 1.50 bits per heavy atom. The minimum atomic E-state index is -4.27. The monoisotopic (exact) mass is 267 g/mol. The van der Waals surface area contributed by atoms with E-state index in [0.29, 0.717) is 0 Å². The quantitative estimate of drug-likeness (QED) is 0.278. The van der Waals surface area contributed by atoms with Gasteiger partial charge in [-0.15, -0.1) is 0 Å². The first-order valence-corrected chi connectivity index (χ1v) is 4.60. The van der Waals surface area contributed by atoms with Crippen LogP contribution in [0, 0.1) is 0 Å². The van der Waals surface area contributed by atoms with Crippen molar-refractivity contribution in [2.45, 2.75) is 12.3 Å². The highest BCUT2D eigenvalue weighted by atomic mass is 19.3. The first-order valence-electron chi connectivity index (χ1n) is 4.60. The van der Waals surface area contributed by atoms with Gasteiger partial charge in [0.25, 0.3) is 0 Å². The first kappa shape index (κ1) is 14.0. The summed E-state index contributed by atoms with van der Waals surface area (Å²) in [6.07, 6.45) is -3.83. The molecule has 0 unspecified atom stereocenters. The predicted octanol–water partition coefficient (Wildman–Crippen LogP) is 1.46. The molecule has 0 spiro atoms. The lowest BCUT2D eigenvalue weighted by Gasteiger charge is -2.15. The van der Waals surface area contributed by atoms with Gasteiger partial charge in [0.15, 0.2) is 12.4 Å². The molecule has 0 fully saturated rings. The Kier molecular flexibility index (Phi) is 4.29. The van der Waals surface area contributed by atoms with Crippen molar-refractivity contribution in [3.8, 4) is 5.88 Å². The summed E-state index contributed by atoms with van der Waals surface area (Å²) in [7, 11) is 0. The Balaban J connectivity index is 2.75. The summed E-state index contributed by atoms with van der Waals surface area (Å²) in [6.45, 7) is -1.52. The van der Waals surface area contributed by atoms with Gasteiger partial charge in [-0.2, -0.15) is 8.78 Å². The third-order valence-corrected chi connectivity index (χ3v) is 1.83. The molecule has 1 heterocycles. The number of rotatable bonds is 5. The van der Waals surface area contributed by atoms with Crippen LogP contribution in [0.3, 0.4) is 0 Å². The van der Waals surface area contributed by atoms with Crippen molar-refractivity contribution in [2.24, 2.45) is 10.9 Å². The molecule has 0 atom stereocenters. The summed E-state index contributed by atoms with van der Waals surface area (Å²) in [5, 5.41) is 11.0. The Morgan fingerprint density at radius 3 is 2.72 bits per heavy atom. The molecule has 100 valence electrons. The number of pyridine rings is 1. The zero-order valence-corrected chi connectivity index (χ0v) is 8.86. The Hall–Kier alpha value is -2.06. The van der Waals surface area contributed by atoms with Crippen LogP contribution in [0.5, 0.6) is 5.88 Å². The van der Waals surface area contributed by atoms with E-state index in [-0.39, 0.29) is 17.4 Å². The Labute approximate surface area is 98.9 Å². The van der Waals surface area contributed by atoms with Crippen LogP contribution in [0.1, 0.15) is 5.69 Å². The van der Waals surface area contributed by atoms with Gasteiger partial charge in [-0.05, 0) is 6.07 Å². The van der Waals surface area contributed by atoms with Crippen molar-refractivity contribution in [2.75, 3.05) is 6.61 Å². The van der Waals surface area contributed by atoms with E-state index >= 15 is 0 Å². The molecule has 0 aromatic carbocycles. The molecule has 9 heteroatoms. The molecule has 0 aliphatic carbocycles. The minimum absolute atomic E-state index is 0.0321. The van der Waals surface area contributed by atoms with Crippen molar-refractivity contribution >= 4 is 5.84 Å². The summed E-state index contributed by atoms with van der Waals surface area (Å²) < 4.78 is 53.3. The molecule has 1 rings (SSSR count). The van der Waals surface area contributed by atoms with Crippen molar-refractivity contribution in [3.05, 3.63) is 23.9 Å². The summed E-state index contributed by atoms with van der Waals surface area (Å²) in [5.74, 6) is -4.96. The average molecular weight is 267 g/mol. The molecule has 3 N–H and O–H groups in total. The fourth-order valence-electron chi connectivity index (χ4n) is 0.922. The smallest absolute Gasteiger partial charge is 0.340 e. The lowest BCUT2D eigenvalue weighted by atomic mass is 10.3. The highest BCUT2D eigenvalue weighted by Crippen LogP contribution is 2.23. The minimum Gasteiger partial charge on any atom is -0.471 e. The second kappa shape index (κ2) is 5.52. The van der Waals surface area contributed by atoms with Gasteiger partial charge >= 0.3 is 12.3 Å². The molecule has 1 aromatic heterocycles. The van der Waals surface area contributed by atoms with E-state index in [1.54, 1.807) is 0 Å². The zero-order chi connectivity index (χ0) is 13.8. The normalized spacial score (nSPS) is 12.8. The number of aromatic nitrogens is 1. The number of ether oxygens (including phenoxy) is 1. The molecule has 5 nitrogen and oxygen atoms in total. The van der Waals surface area contributed by atoms with Crippen molar-refractivity contribution in [3.63, 3.8) is 0 Å². The second-order valence-electron chi connectivity index (χ2n) is 3.20. The molecular formula is C9H9F4N3O2. The van der Waals surface area contributed by atoms with Crippen LogP contribution in [-0.2, 0) is 0 Å². The molecule has 0 aliphatic rings. The largest absolute Gasteiger partial charge is 0.471 e. The van der Waals surface area contributed by atoms with Gasteiger partial charge in [0, 0.05) is 6.07 Å². The first-order chi connectivity index (χ1) is 8.36. The predicted molar refractivity (Wildman–Crippen MR) is 53.2 cm³/mol.